The number of benzene rings is 4. The Morgan fingerprint density at radius 2 is 1.68 bits per heavy atom. The van der Waals surface area contributed by atoms with Crippen LogP contribution < -0.4 is 14.8 Å². The Balaban J connectivity index is 1.31. The van der Waals surface area contributed by atoms with Gasteiger partial charge in [0.15, 0.2) is 11.5 Å². The van der Waals surface area contributed by atoms with E-state index in [1.807, 2.05) is 49.4 Å². The predicted molar refractivity (Wildman–Crippen MR) is 159 cm³/mol. The van der Waals surface area contributed by atoms with Crippen molar-refractivity contribution in [2.75, 3.05) is 18.5 Å². The second kappa shape index (κ2) is 12.1. The van der Waals surface area contributed by atoms with E-state index < -0.39 is 29.6 Å². The predicted octanol–water partition coefficient (Wildman–Crippen LogP) is 6.44. The SMILES string of the molecule is CCOc1cc(/C=C2\SC(=O)N(CC(=O)Nc3ccc(C)cc3)C2=O)ccc1OC(=O)c1cccc2ccccc12. The molecule has 0 aromatic heterocycles. The molecular formula is C32H26N2O6S. The van der Waals surface area contributed by atoms with Crippen molar-refractivity contribution >= 4 is 57.3 Å². The molecule has 0 saturated carbocycles. The highest BCUT2D eigenvalue weighted by molar-refractivity contribution is 8.18. The van der Waals surface area contributed by atoms with Crippen LogP contribution in [0.5, 0.6) is 11.5 Å². The summed E-state index contributed by atoms with van der Waals surface area (Å²) in [4.78, 5) is 52.2. The van der Waals surface area contributed by atoms with Crippen LogP contribution in [0.4, 0.5) is 10.5 Å². The molecule has 9 heteroatoms. The smallest absolute Gasteiger partial charge is 0.344 e. The van der Waals surface area contributed by atoms with Crippen LogP contribution >= 0.6 is 11.8 Å². The first kappa shape index (κ1) is 27.7. The largest absolute Gasteiger partial charge is 0.490 e. The number of ether oxygens (including phenoxy) is 2. The zero-order chi connectivity index (χ0) is 28.9. The fraction of sp³-hybridized carbons (Fsp3) is 0.125. The minimum Gasteiger partial charge on any atom is -0.490 e. The zero-order valence-electron chi connectivity index (χ0n) is 22.4. The number of aryl methyl sites for hydroxylation is 1. The van der Waals surface area contributed by atoms with Crippen molar-refractivity contribution in [2.45, 2.75) is 13.8 Å². The topological polar surface area (TPSA) is 102 Å². The fourth-order valence-corrected chi connectivity index (χ4v) is 5.13. The molecule has 0 atom stereocenters. The molecular weight excluding hydrogens is 540 g/mol. The lowest BCUT2D eigenvalue weighted by Crippen LogP contribution is -2.36. The molecule has 0 spiro atoms. The van der Waals surface area contributed by atoms with E-state index in [1.54, 1.807) is 55.5 Å². The Kier molecular flexibility index (Phi) is 8.16. The number of nitrogens with zero attached hydrogens (tertiary/aromatic N) is 1. The van der Waals surface area contributed by atoms with E-state index in [2.05, 4.69) is 5.32 Å². The van der Waals surface area contributed by atoms with Crippen LogP contribution in [0.3, 0.4) is 0 Å². The summed E-state index contributed by atoms with van der Waals surface area (Å²) in [6.07, 6.45) is 1.54. The minimum absolute atomic E-state index is 0.168. The quantitative estimate of drug-likeness (QED) is 0.149. The average molecular weight is 567 g/mol. The molecule has 4 aromatic rings. The molecule has 206 valence electrons. The van der Waals surface area contributed by atoms with E-state index >= 15 is 0 Å². The summed E-state index contributed by atoms with van der Waals surface area (Å²) in [6.45, 7) is 3.65. The molecule has 3 amide bonds. The van der Waals surface area contributed by atoms with Crippen LogP contribution in [0.15, 0.2) is 89.8 Å². The summed E-state index contributed by atoms with van der Waals surface area (Å²) < 4.78 is 11.4. The Hall–Kier alpha value is -4.89. The standard InChI is InChI=1S/C32H26N2O6S/c1-3-39-27-17-21(13-16-26(27)40-31(37)25-10-6-8-22-7-4-5-9-24(22)25)18-28-30(36)34(32(38)41-28)19-29(35)33-23-14-11-20(2)12-15-23/h4-18H,3,19H2,1-2H3,(H,33,35)/b28-18-. The molecule has 1 fully saturated rings. The van der Waals surface area contributed by atoms with Crippen molar-refractivity contribution in [3.63, 3.8) is 0 Å². The van der Waals surface area contributed by atoms with Crippen molar-refractivity contribution in [1.29, 1.82) is 0 Å². The number of thioether (sulfide) groups is 1. The average Bonchev–Trinajstić information content (AvgIpc) is 3.22. The van der Waals surface area contributed by atoms with E-state index in [9.17, 15) is 19.2 Å². The summed E-state index contributed by atoms with van der Waals surface area (Å²) >= 11 is 0.752. The lowest BCUT2D eigenvalue weighted by atomic mass is 10.0. The molecule has 0 radical (unpaired) electrons. The van der Waals surface area contributed by atoms with E-state index in [-0.39, 0.29) is 10.7 Å². The Morgan fingerprint density at radius 1 is 0.927 bits per heavy atom. The van der Waals surface area contributed by atoms with Crippen LogP contribution in [0, 0.1) is 6.92 Å². The van der Waals surface area contributed by atoms with Crippen molar-refractivity contribution in [2.24, 2.45) is 0 Å². The summed E-state index contributed by atoms with van der Waals surface area (Å²) in [5.74, 6) is -1.04. The van der Waals surface area contributed by atoms with Crippen LogP contribution in [0.1, 0.15) is 28.4 Å². The number of amides is 3. The van der Waals surface area contributed by atoms with Gasteiger partial charge in [0, 0.05) is 5.69 Å². The molecule has 1 saturated heterocycles. The summed E-state index contributed by atoms with van der Waals surface area (Å²) in [5, 5.41) is 3.85. The fourth-order valence-electron chi connectivity index (χ4n) is 4.29. The van der Waals surface area contributed by atoms with Gasteiger partial charge in [0.05, 0.1) is 17.1 Å². The van der Waals surface area contributed by atoms with Gasteiger partial charge in [-0.05, 0) is 78.4 Å². The number of imide groups is 1. The van der Waals surface area contributed by atoms with Crippen LogP contribution in [0.2, 0.25) is 0 Å². The number of fused-ring (bicyclic) bond motifs is 1. The summed E-state index contributed by atoms with van der Waals surface area (Å²) in [7, 11) is 0. The van der Waals surface area contributed by atoms with E-state index in [0.29, 0.717) is 29.2 Å². The first-order valence-electron chi connectivity index (χ1n) is 12.9. The number of rotatable bonds is 8. The maximum absolute atomic E-state index is 13.1. The first-order chi connectivity index (χ1) is 19.8. The number of hydrogen-bond acceptors (Lipinski definition) is 7. The molecule has 8 nitrogen and oxygen atoms in total. The molecule has 1 aliphatic heterocycles. The summed E-state index contributed by atoms with van der Waals surface area (Å²) in [5.41, 5.74) is 2.61. The highest BCUT2D eigenvalue weighted by atomic mass is 32.2. The number of nitrogens with one attached hydrogen (secondary N) is 1. The Morgan fingerprint density at radius 3 is 2.46 bits per heavy atom. The first-order valence-corrected chi connectivity index (χ1v) is 13.7. The van der Waals surface area contributed by atoms with Crippen molar-refractivity contribution in [3.8, 4) is 11.5 Å². The summed E-state index contributed by atoms with van der Waals surface area (Å²) in [6, 6.07) is 25.0. The minimum atomic E-state index is -0.566. The van der Waals surface area contributed by atoms with E-state index in [0.717, 1.165) is 33.0 Å². The normalized spacial score (nSPS) is 14.0. The molecule has 0 bridgehead atoms. The second-order valence-corrected chi connectivity index (χ2v) is 10.2. The highest BCUT2D eigenvalue weighted by Crippen LogP contribution is 2.35. The van der Waals surface area contributed by atoms with Gasteiger partial charge in [-0.1, -0.05) is 60.2 Å². The van der Waals surface area contributed by atoms with Gasteiger partial charge >= 0.3 is 5.97 Å². The zero-order valence-corrected chi connectivity index (χ0v) is 23.2. The van der Waals surface area contributed by atoms with Crippen LogP contribution in [-0.4, -0.2) is 41.1 Å². The van der Waals surface area contributed by atoms with Crippen LogP contribution in [0.25, 0.3) is 16.8 Å². The number of anilines is 1. The monoisotopic (exact) mass is 566 g/mol. The lowest BCUT2D eigenvalue weighted by Gasteiger charge is -2.13. The molecule has 4 aromatic carbocycles. The Labute approximate surface area is 240 Å². The molecule has 1 aliphatic rings. The highest BCUT2D eigenvalue weighted by Gasteiger charge is 2.36. The molecule has 1 heterocycles. The number of esters is 1. The maximum atomic E-state index is 13.1. The van der Waals surface area contributed by atoms with Crippen LogP contribution in [-0.2, 0) is 9.59 Å². The molecule has 0 unspecified atom stereocenters. The van der Waals surface area contributed by atoms with Gasteiger partial charge in [-0.3, -0.25) is 19.3 Å². The van der Waals surface area contributed by atoms with Gasteiger partial charge in [0.25, 0.3) is 11.1 Å². The van der Waals surface area contributed by atoms with Crippen molar-refractivity contribution < 1.29 is 28.7 Å². The number of carbonyl (C=O) groups is 4. The van der Waals surface area contributed by atoms with Gasteiger partial charge < -0.3 is 14.8 Å². The van der Waals surface area contributed by atoms with Gasteiger partial charge in [-0.2, -0.15) is 0 Å². The maximum Gasteiger partial charge on any atom is 0.344 e. The van der Waals surface area contributed by atoms with Crippen molar-refractivity contribution in [1.82, 2.24) is 4.90 Å². The number of hydrogen-bond donors (Lipinski definition) is 1. The van der Waals surface area contributed by atoms with E-state index in [4.69, 9.17) is 9.47 Å². The van der Waals surface area contributed by atoms with Gasteiger partial charge in [0.1, 0.15) is 6.54 Å². The van der Waals surface area contributed by atoms with Crippen molar-refractivity contribution in [3.05, 3.63) is 107 Å². The van der Waals surface area contributed by atoms with Gasteiger partial charge in [0.2, 0.25) is 5.91 Å². The molecule has 5 rings (SSSR count). The second-order valence-electron chi connectivity index (χ2n) is 9.24. The lowest BCUT2D eigenvalue weighted by molar-refractivity contribution is -0.127. The third-order valence-corrected chi connectivity index (χ3v) is 7.20. The van der Waals surface area contributed by atoms with E-state index in [1.165, 1.54) is 0 Å². The number of carbonyl (C=O) groups excluding carboxylic acids is 4. The van der Waals surface area contributed by atoms with Gasteiger partial charge in [-0.25, -0.2) is 4.79 Å². The third-order valence-electron chi connectivity index (χ3n) is 6.29. The molecule has 1 N–H and O–H groups in total. The molecule has 41 heavy (non-hydrogen) atoms. The molecule has 0 aliphatic carbocycles. The Bertz CT molecular complexity index is 1690. The third kappa shape index (κ3) is 6.31. The van der Waals surface area contributed by atoms with Gasteiger partial charge in [-0.15, -0.1) is 0 Å².